The first-order chi connectivity index (χ1) is 5.40. The van der Waals surface area contributed by atoms with E-state index in [1.165, 1.54) is 0 Å². The lowest BCUT2D eigenvalue weighted by Gasteiger charge is -1.95. The minimum absolute atomic E-state index is 0.992. The van der Waals surface area contributed by atoms with E-state index >= 15 is 0 Å². The molecule has 1 aromatic carbocycles. The number of benzene rings is 1. The number of nitrogens with zero attached hydrogens (tertiary/aromatic N) is 1. The van der Waals surface area contributed by atoms with Crippen molar-refractivity contribution in [2.45, 2.75) is 0 Å². The molecule has 0 radical (unpaired) electrons. The van der Waals surface area contributed by atoms with Gasteiger partial charge >= 0.3 is 0 Å². The molecule has 0 aliphatic rings. The van der Waals surface area contributed by atoms with E-state index in [0.717, 1.165) is 16.7 Å². The van der Waals surface area contributed by atoms with Crippen LogP contribution >= 0.6 is 22.9 Å². The SMILES string of the molecule is INc1ccc2[nH]cnc2c1. The normalized spacial score (nSPS) is 10.3. The van der Waals surface area contributed by atoms with Crippen LogP contribution in [0.5, 0.6) is 0 Å². The first-order valence-corrected chi connectivity index (χ1v) is 4.28. The summed E-state index contributed by atoms with van der Waals surface area (Å²) in [7, 11) is 0. The molecular weight excluding hydrogens is 253 g/mol. The van der Waals surface area contributed by atoms with Gasteiger partial charge in [-0.1, -0.05) is 0 Å². The highest BCUT2D eigenvalue weighted by Gasteiger charge is 1.95. The van der Waals surface area contributed by atoms with Crippen molar-refractivity contribution in [2.24, 2.45) is 0 Å². The van der Waals surface area contributed by atoms with E-state index in [1.54, 1.807) is 6.33 Å². The molecule has 2 rings (SSSR count). The van der Waals surface area contributed by atoms with Gasteiger partial charge in [-0.05, 0) is 18.2 Å². The van der Waals surface area contributed by atoms with Gasteiger partial charge in [0, 0.05) is 5.69 Å². The maximum absolute atomic E-state index is 4.13. The number of halogens is 1. The summed E-state index contributed by atoms with van der Waals surface area (Å²) < 4.78 is 3.02. The Balaban J connectivity index is 2.67. The van der Waals surface area contributed by atoms with Crippen LogP contribution in [0.15, 0.2) is 24.5 Å². The second kappa shape index (κ2) is 2.69. The maximum Gasteiger partial charge on any atom is 0.0931 e. The number of hydrogen-bond acceptors (Lipinski definition) is 2. The fourth-order valence-electron chi connectivity index (χ4n) is 0.991. The van der Waals surface area contributed by atoms with E-state index in [9.17, 15) is 0 Å². The number of rotatable bonds is 1. The van der Waals surface area contributed by atoms with Gasteiger partial charge in [-0.15, -0.1) is 0 Å². The Morgan fingerprint density at radius 3 is 3.18 bits per heavy atom. The minimum Gasteiger partial charge on any atom is -0.345 e. The molecular formula is C7H6IN3. The van der Waals surface area contributed by atoms with Gasteiger partial charge in [0.05, 0.1) is 40.2 Å². The molecule has 0 aliphatic heterocycles. The van der Waals surface area contributed by atoms with Crippen LogP contribution in [-0.4, -0.2) is 9.97 Å². The van der Waals surface area contributed by atoms with Crippen molar-refractivity contribution in [2.75, 3.05) is 3.53 Å². The summed E-state index contributed by atoms with van der Waals surface area (Å²) in [6.45, 7) is 0. The molecule has 0 atom stereocenters. The third kappa shape index (κ3) is 1.18. The molecule has 11 heavy (non-hydrogen) atoms. The van der Waals surface area contributed by atoms with Crippen molar-refractivity contribution in [3.8, 4) is 0 Å². The number of H-pyrrole nitrogens is 1. The predicted molar refractivity (Wildman–Crippen MR) is 53.7 cm³/mol. The number of anilines is 1. The van der Waals surface area contributed by atoms with Crippen molar-refractivity contribution in [3.63, 3.8) is 0 Å². The Morgan fingerprint density at radius 1 is 1.45 bits per heavy atom. The van der Waals surface area contributed by atoms with Crippen LogP contribution in [0.3, 0.4) is 0 Å². The lowest BCUT2D eigenvalue weighted by Crippen LogP contribution is -1.77. The molecule has 0 spiro atoms. The zero-order valence-corrected chi connectivity index (χ0v) is 7.79. The lowest BCUT2D eigenvalue weighted by molar-refractivity contribution is 1.34. The summed E-state index contributed by atoms with van der Waals surface area (Å²) >= 11 is 2.10. The van der Waals surface area contributed by atoms with Gasteiger partial charge in [-0.25, -0.2) is 4.98 Å². The van der Waals surface area contributed by atoms with E-state index in [0.29, 0.717) is 0 Å². The van der Waals surface area contributed by atoms with Crippen molar-refractivity contribution < 1.29 is 0 Å². The maximum atomic E-state index is 4.13. The third-order valence-electron chi connectivity index (χ3n) is 1.53. The number of imidazole rings is 1. The molecule has 0 saturated heterocycles. The quantitative estimate of drug-likeness (QED) is 0.609. The monoisotopic (exact) mass is 259 g/mol. The Kier molecular flexibility index (Phi) is 1.69. The van der Waals surface area contributed by atoms with Crippen molar-refractivity contribution >= 4 is 39.6 Å². The summed E-state index contributed by atoms with van der Waals surface area (Å²) in [5.74, 6) is 0. The smallest absolute Gasteiger partial charge is 0.0931 e. The van der Waals surface area contributed by atoms with Crippen LogP contribution in [0.25, 0.3) is 11.0 Å². The van der Waals surface area contributed by atoms with Crippen LogP contribution < -0.4 is 3.53 Å². The van der Waals surface area contributed by atoms with Crippen molar-refractivity contribution in [3.05, 3.63) is 24.5 Å². The molecule has 0 aliphatic carbocycles. The van der Waals surface area contributed by atoms with E-state index < -0.39 is 0 Å². The highest BCUT2D eigenvalue weighted by atomic mass is 127. The number of nitrogens with one attached hydrogen (secondary N) is 2. The summed E-state index contributed by atoms with van der Waals surface area (Å²) in [5, 5.41) is 0. The Morgan fingerprint density at radius 2 is 2.36 bits per heavy atom. The van der Waals surface area contributed by atoms with Gasteiger partial charge < -0.3 is 8.51 Å². The zero-order valence-electron chi connectivity index (χ0n) is 5.63. The first kappa shape index (κ1) is 6.90. The van der Waals surface area contributed by atoms with Gasteiger partial charge in [0.25, 0.3) is 0 Å². The number of hydrogen-bond donors (Lipinski definition) is 2. The highest BCUT2D eigenvalue weighted by Crippen LogP contribution is 2.16. The Bertz CT molecular complexity index is 368. The lowest BCUT2D eigenvalue weighted by atomic mass is 10.3. The third-order valence-corrected chi connectivity index (χ3v) is 2.15. The summed E-state index contributed by atoms with van der Waals surface area (Å²) in [4.78, 5) is 7.16. The standard InChI is InChI=1S/C7H6IN3/c8-11-5-1-2-6-7(3-5)10-4-9-6/h1-4,11H,(H,9,10). The molecule has 0 fully saturated rings. The number of aromatic amines is 1. The molecule has 2 N–H and O–H groups in total. The first-order valence-electron chi connectivity index (χ1n) is 3.20. The molecule has 0 unspecified atom stereocenters. The van der Waals surface area contributed by atoms with Crippen LogP contribution in [0.4, 0.5) is 5.69 Å². The molecule has 0 saturated carbocycles. The summed E-state index contributed by atoms with van der Waals surface area (Å²) in [6.07, 6.45) is 1.70. The molecule has 1 aromatic heterocycles. The van der Waals surface area contributed by atoms with E-state index in [1.807, 2.05) is 18.2 Å². The average molecular weight is 259 g/mol. The molecule has 0 bridgehead atoms. The average Bonchev–Trinajstić information content (AvgIpc) is 2.50. The van der Waals surface area contributed by atoms with Crippen LogP contribution in [0.2, 0.25) is 0 Å². The second-order valence-electron chi connectivity index (χ2n) is 2.23. The largest absolute Gasteiger partial charge is 0.345 e. The summed E-state index contributed by atoms with van der Waals surface area (Å²) in [5.41, 5.74) is 3.14. The number of fused-ring (bicyclic) bond motifs is 1. The Hall–Kier alpha value is -0.780. The summed E-state index contributed by atoms with van der Waals surface area (Å²) in [6, 6.07) is 6.01. The number of aromatic nitrogens is 2. The van der Waals surface area contributed by atoms with Gasteiger partial charge in [0.15, 0.2) is 0 Å². The van der Waals surface area contributed by atoms with Crippen LogP contribution in [-0.2, 0) is 0 Å². The highest BCUT2D eigenvalue weighted by molar-refractivity contribution is 14.1. The van der Waals surface area contributed by atoms with Crippen LogP contribution in [0.1, 0.15) is 0 Å². The minimum atomic E-state index is 0.992. The van der Waals surface area contributed by atoms with Gasteiger partial charge in [-0.2, -0.15) is 0 Å². The van der Waals surface area contributed by atoms with Crippen LogP contribution in [0, 0.1) is 0 Å². The van der Waals surface area contributed by atoms with E-state index in [2.05, 4.69) is 36.4 Å². The molecule has 4 heteroatoms. The topological polar surface area (TPSA) is 40.7 Å². The molecule has 3 nitrogen and oxygen atoms in total. The fourth-order valence-corrected chi connectivity index (χ4v) is 1.33. The van der Waals surface area contributed by atoms with Gasteiger partial charge in [0.2, 0.25) is 0 Å². The molecule has 1 heterocycles. The molecule has 2 aromatic rings. The van der Waals surface area contributed by atoms with E-state index in [-0.39, 0.29) is 0 Å². The molecule has 56 valence electrons. The van der Waals surface area contributed by atoms with Crippen molar-refractivity contribution in [1.29, 1.82) is 0 Å². The van der Waals surface area contributed by atoms with Crippen molar-refractivity contribution in [1.82, 2.24) is 9.97 Å². The predicted octanol–water partition coefficient (Wildman–Crippen LogP) is 2.32. The Labute approximate surface area is 77.7 Å². The van der Waals surface area contributed by atoms with Gasteiger partial charge in [-0.3, -0.25) is 0 Å². The zero-order chi connectivity index (χ0) is 7.68. The fraction of sp³-hybridized carbons (Fsp3) is 0. The molecule has 0 amide bonds. The van der Waals surface area contributed by atoms with E-state index in [4.69, 9.17) is 0 Å². The second-order valence-corrected chi connectivity index (χ2v) is 2.77. The van der Waals surface area contributed by atoms with Gasteiger partial charge in [0.1, 0.15) is 0 Å².